The second kappa shape index (κ2) is 18.7. The van der Waals surface area contributed by atoms with Gasteiger partial charge in [0.05, 0.1) is 18.8 Å². The van der Waals surface area contributed by atoms with Crippen molar-refractivity contribution in [3.05, 3.63) is 12.2 Å². The Morgan fingerprint density at radius 3 is 1.50 bits per heavy atom. The molecule has 0 saturated heterocycles. The molecule has 7 heteroatoms. The average Bonchev–Trinajstić information content (AvgIpc) is 2.82. The topological polar surface area (TPSA) is 53.7 Å². The molecule has 0 aromatic rings. The highest BCUT2D eigenvalue weighted by Crippen LogP contribution is 2.40. The molecule has 0 amide bonds. The van der Waals surface area contributed by atoms with Gasteiger partial charge in [0.2, 0.25) is 0 Å². The fraction of sp³-hybridized carbons (Fsp3) is 0.946. The summed E-state index contributed by atoms with van der Waals surface area (Å²) in [7, 11) is -5.52. The van der Waals surface area contributed by atoms with Crippen LogP contribution in [0.15, 0.2) is 12.2 Å². The first-order chi connectivity index (χ1) is 19.7. The molecular formula is C37H81NO3Si3. The molecule has 0 aliphatic carbocycles. The van der Waals surface area contributed by atoms with Gasteiger partial charge in [0.25, 0.3) is 0 Å². The normalized spacial score (nSPS) is 16.6. The zero-order chi connectivity index (χ0) is 34.6. The van der Waals surface area contributed by atoms with Crippen molar-refractivity contribution in [1.82, 2.24) is 0 Å². The standard InChI is InChI=1S/C37H81NO3Si3/c1-31(2)29-32(40-43(14,15)36(6,7)8)27-25-23-21-19-18-20-22-24-26-28-34(41-44(16,17)37(9,10)11)33(38)30-39-42(12,13)35(3,4)5/h26,28,31-34H,18-25,27,29-30,38H2,1-17H3/b28-26+/t32-,33+,34-/m1/s1. The van der Waals surface area contributed by atoms with Gasteiger partial charge in [-0.15, -0.1) is 0 Å². The molecule has 0 aliphatic rings. The molecule has 0 unspecified atom stereocenters. The van der Waals surface area contributed by atoms with Gasteiger partial charge in [0.1, 0.15) is 0 Å². The van der Waals surface area contributed by atoms with E-state index in [1.165, 1.54) is 57.8 Å². The molecule has 4 nitrogen and oxygen atoms in total. The van der Waals surface area contributed by atoms with E-state index in [4.69, 9.17) is 19.0 Å². The molecular weight excluding hydrogens is 591 g/mol. The van der Waals surface area contributed by atoms with Crippen LogP contribution in [0.5, 0.6) is 0 Å². The van der Waals surface area contributed by atoms with Crippen LogP contribution in [0, 0.1) is 5.92 Å². The Balaban J connectivity index is 4.72. The van der Waals surface area contributed by atoms with Crippen LogP contribution in [0.25, 0.3) is 0 Å². The summed E-state index contributed by atoms with van der Waals surface area (Å²) < 4.78 is 20.2. The first-order valence-electron chi connectivity index (χ1n) is 18.2. The number of hydrogen-bond acceptors (Lipinski definition) is 4. The van der Waals surface area contributed by atoms with E-state index in [0.717, 1.165) is 6.42 Å². The molecule has 0 spiro atoms. The van der Waals surface area contributed by atoms with Crippen molar-refractivity contribution in [2.24, 2.45) is 11.7 Å². The largest absolute Gasteiger partial charge is 0.415 e. The van der Waals surface area contributed by atoms with Crippen molar-refractivity contribution in [2.75, 3.05) is 6.61 Å². The SMILES string of the molecule is CC(C)C[C@@H](CCCCCCCCC/C=C/[C@@H](O[Si](C)(C)C(C)(C)C)[C@@H](N)CO[Si](C)(C)C(C)(C)C)O[Si](C)(C)C(C)(C)C. The van der Waals surface area contributed by atoms with Crippen LogP contribution in [0.1, 0.15) is 140 Å². The quantitative estimate of drug-likeness (QED) is 0.0749. The Hall–Kier alpha value is 0.231. The number of hydrogen-bond donors (Lipinski definition) is 1. The van der Waals surface area contributed by atoms with Gasteiger partial charge in [-0.25, -0.2) is 0 Å². The maximum absolute atomic E-state index is 6.83. The second-order valence-corrected chi connectivity index (χ2v) is 33.0. The molecule has 0 saturated carbocycles. The van der Waals surface area contributed by atoms with Crippen LogP contribution in [-0.2, 0) is 13.3 Å². The van der Waals surface area contributed by atoms with E-state index < -0.39 is 25.0 Å². The maximum Gasteiger partial charge on any atom is 0.192 e. The van der Waals surface area contributed by atoms with Gasteiger partial charge in [0.15, 0.2) is 25.0 Å². The summed E-state index contributed by atoms with van der Waals surface area (Å²) in [4.78, 5) is 0. The second-order valence-electron chi connectivity index (χ2n) is 18.7. The first-order valence-corrected chi connectivity index (χ1v) is 26.9. The monoisotopic (exact) mass is 672 g/mol. The van der Waals surface area contributed by atoms with Crippen molar-refractivity contribution >= 4 is 25.0 Å². The predicted molar refractivity (Wildman–Crippen MR) is 205 cm³/mol. The summed E-state index contributed by atoms with van der Waals surface area (Å²) >= 11 is 0. The smallest absolute Gasteiger partial charge is 0.192 e. The number of unbranched alkanes of at least 4 members (excludes halogenated alkanes) is 7. The van der Waals surface area contributed by atoms with Gasteiger partial charge >= 0.3 is 0 Å². The molecule has 0 radical (unpaired) electrons. The molecule has 264 valence electrons. The third-order valence-electron chi connectivity index (χ3n) is 10.8. The fourth-order valence-electron chi connectivity index (χ4n) is 4.49. The first kappa shape index (κ1) is 44.2. The highest BCUT2D eigenvalue weighted by Gasteiger charge is 2.42. The summed E-state index contributed by atoms with van der Waals surface area (Å²) in [5, 5.41) is 0.598. The van der Waals surface area contributed by atoms with Gasteiger partial charge in [-0.05, 0) is 86.0 Å². The molecule has 0 bridgehead atoms. The minimum Gasteiger partial charge on any atom is -0.415 e. The summed E-state index contributed by atoms with van der Waals surface area (Å²) in [6.45, 7) is 40.0. The van der Waals surface area contributed by atoms with Gasteiger partial charge in [-0.3, -0.25) is 0 Å². The lowest BCUT2D eigenvalue weighted by Gasteiger charge is -2.41. The van der Waals surface area contributed by atoms with Crippen LogP contribution < -0.4 is 5.73 Å². The van der Waals surface area contributed by atoms with E-state index in [2.05, 4.69) is 128 Å². The van der Waals surface area contributed by atoms with Crippen LogP contribution >= 0.6 is 0 Å². The zero-order valence-corrected chi connectivity index (χ0v) is 36.0. The minimum absolute atomic E-state index is 0.0965. The molecule has 3 atom stereocenters. The predicted octanol–water partition coefficient (Wildman–Crippen LogP) is 12.2. The van der Waals surface area contributed by atoms with Crippen molar-refractivity contribution in [1.29, 1.82) is 0 Å². The van der Waals surface area contributed by atoms with E-state index in [1.54, 1.807) is 0 Å². The van der Waals surface area contributed by atoms with E-state index in [-0.39, 0.29) is 27.3 Å². The molecule has 0 aromatic heterocycles. The third-order valence-corrected chi connectivity index (χ3v) is 24.3. The van der Waals surface area contributed by atoms with E-state index in [9.17, 15) is 0 Å². The summed E-state index contributed by atoms with van der Waals surface area (Å²) in [5.41, 5.74) is 6.77. The van der Waals surface area contributed by atoms with E-state index in [0.29, 0.717) is 18.6 Å². The van der Waals surface area contributed by atoms with E-state index >= 15 is 0 Å². The van der Waals surface area contributed by atoms with Crippen LogP contribution in [-0.4, -0.2) is 49.8 Å². The molecule has 0 aromatic carbocycles. The summed E-state index contributed by atoms with van der Waals surface area (Å²) in [6, 6.07) is -0.151. The fourth-order valence-corrected chi connectivity index (χ4v) is 8.23. The van der Waals surface area contributed by atoms with Gasteiger partial charge < -0.3 is 19.0 Å². The number of rotatable bonds is 21. The van der Waals surface area contributed by atoms with Gasteiger partial charge in [0, 0.05) is 6.10 Å². The molecule has 0 fully saturated rings. The van der Waals surface area contributed by atoms with Gasteiger partial charge in [-0.2, -0.15) is 0 Å². The Kier molecular flexibility index (Phi) is 18.8. The molecule has 44 heavy (non-hydrogen) atoms. The molecule has 2 N–H and O–H groups in total. The lowest BCUT2D eigenvalue weighted by atomic mass is 10.00. The number of allylic oxidation sites excluding steroid dienone is 1. The van der Waals surface area contributed by atoms with E-state index in [1.807, 2.05) is 0 Å². The Morgan fingerprint density at radius 2 is 1.05 bits per heavy atom. The third kappa shape index (κ3) is 16.9. The lowest BCUT2D eigenvalue weighted by Crippen LogP contribution is -2.52. The molecule has 0 aliphatic heterocycles. The lowest BCUT2D eigenvalue weighted by molar-refractivity contribution is 0.143. The van der Waals surface area contributed by atoms with Crippen LogP contribution in [0.3, 0.4) is 0 Å². The van der Waals surface area contributed by atoms with Gasteiger partial charge in [-0.1, -0.05) is 127 Å². The van der Waals surface area contributed by atoms with Crippen LogP contribution in [0.2, 0.25) is 54.4 Å². The highest BCUT2D eigenvalue weighted by molar-refractivity contribution is 6.75. The maximum atomic E-state index is 6.83. The molecule has 0 heterocycles. The Bertz CT molecular complexity index is 804. The van der Waals surface area contributed by atoms with Crippen LogP contribution in [0.4, 0.5) is 0 Å². The minimum atomic E-state index is -1.96. The summed E-state index contributed by atoms with van der Waals surface area (Å²) in [6.07, 6.45) is 17.6. The zero-order valence-electron chi connectivity index (χ0n) is 33.0. The highest BCUT2D eigenvalue weighted by atomic mass is 28.4. The molecule has 0 rings (SSSR count). The summed E-state index contributed by atoms with van der Waals surface area (Å²) in [5.74, 6) is 0.694. The Morgan fingerprint density at radius 1 is 0.614 bits per heavy atom. The number of nitrogens with two attached hydrogens (primary N) is 1. The van der Waals surface area contributed by atoms with Crippen molar-refractivity contribution in [3.63, 3.8) is 0 Å². The van der Waals surface area contributed by atoms with Crippen molar-refractivity contribution in [2.45, 2.75) is 213 Å². The average molecular weight is 672 g/mol. The van der Waals surface area contributed by atoms with Crippen molar-refractivity contribution < 1.29 is 13.3 Å². The van der Waals surface area contributed by atoms with Crippen molar-refractivity contribution in [3.8, 4) is 0 Å². The Labute approximate surface area is 280 Å².